The second-order valence-electron chi connectivity index (χ2n) is 3.24. The molecule has 0 atom stereocenters. The SMILES string of the molecule is Nc1cc(-c2ccc3scnc3c2)[nH]n1. The van der Waals surface area contributed by atoms with Crippen molar-refractivity contribution in [3.63, 3.8) is 0 Å². The van der Waals surface area contributed by atoms with E-state index in [2.05, 4.69) is 21.2 Å². The average molecular weight is 216 g/mol. The summed E-state index contributed by atoms with van der Waals surface area (Å²) in [5, 5.41) is 6.77. The summed E-state index contributed by atoms with van der Waals surface area (Å²) < 4.78 is 1.19. The van der Waals surface area contributed by atoms with E-state index >= 15 is 0 Å². The van der Waals surface area contributed by atoms with Crippen LogP contribution in [0.1, 0.15) is 0 Å². The van der Waals surface area contributed by atoms with Gasteiger partial charge >= 0.3 is 0 Å². The molecule has 3 aromatic rings. The molecule has 0 radical (unpaired) electrons. The summed E-state index contributed by atoms with van der Waals surface area (Å²) in [7, 11) is 0. The molecule has 0 unspecified atom stereocenters. The van der Waals surface area contributed by atoms with Gasteiger partial charge in [0.05, 0.1) is 21.4 Å². The molecule has 5 heteroatoms. The van der Waals surface area contributed by atoms with E-state index < -0.39 is 0 Å². The summed E-state index contributed by atoms with van der Waals surface area (Å²) in [4.78, 5) is 4.26. The summed E-state index contributed by atoms with van der Waals surface area (Å²) in [6.07, 6.45) is 0. The van der Waals surface area contributed by atoms with Crippen molar-refractivity contribution in [2.45, 2.75) is 0 Å². The van der Waals surface area contributed by atoms with Crippen molar-refractivity contribution < 1.29 is 0 Å². The molecule has 0 saturated heterocycles. The number of hydrogen-bond acceptors (Lipinski definition) is 4. The van der Waals surface area contributed by atoms with Gasteiger partial charge in [0.2, 0.25) is 0 Å². The number of anilines is 1. The normalized spacial score (nSPS) is 10.9. The maximum Gasteiger partial charge on any atom is 0.145 e. The van der Waals surface area contributed by atoms with Gasteiger partial charge in [-0.05, 0) is 12.1 Å². The molecule has 2 aromatic heterocycles. The number of nitrogen functional groups attached to an aromatic ring is 1. The average Bonchev–Trinajstić information content (AvgIpc) is 2.84. The zero-order valence-corrected chi connectivity index (χ0v) is 8.58. The van der Waals surface area contributed by atoms with Crippen LogP contribution in [0.25, 0.3) is 21.5 Å². The van der Waals surface area contributed by atoms with Crippen molar-refractivity contribution in [2.24, 2.45) is 0 Å². The molecule has 0 saturated carbocycles. The second kappa shape index (κ2) is 3.06. The molecule has 2 heterocycles. The minimum atomic E-state index is 0.503. The first-order chi connectivity index (χ1) is 7.33. The van der Waals surface area contributed by atoms with E-state index in [1.165, 1.54) is 4.70 Å². The zero-order chi connectivity index (χ0) is 10.3. The Balaban J connectivity index is 2.18. The highest BCUT2D eigenvalue weighted by atomic mass is 32.1. The van der Waals surface area contributed by atoms with Crippen LogP contribution in [0.4, 0.5) is 5.82 Å². The number of H-pyrrole nitrogens is 1. The Bertz CT molecular complexity index is 610. The third-order valence-electron chi connectivity index (χ3n) is 2.24. The highest BCUT2D eigenvalue weighted by molar-refractivity contribution is 7.16. The smallest absolute Gasteiger partial charge is 0.145 e. The monoisotopic (exact) mass is 216 g/mol. The standard InChI is InChI=1S/C10H8N4S/c11-10-4-7(13-14-10)6-1-2-9-8(3-6)12-5-15-9/h1-5H,(H3,11,13,14). The second-order valence-corrected chi connectivity index (χ2v) is 4.13. The third kappa shape index (κ3) is 1.37. The summed E-state index contributed by atoms with van der Waals surface area (Å²) in [5.74, 6) is 0.503. The Morgan fingerprint density at radius 2 is 2.20 bits per heavy atom. The third-order valence-corrected chi connectivity index (χ3v) is 3.05. The lowest BCUT2D eigenvalue weighted by molar-refractivity contribution is 1.10. The molecule has 3 rings (SSSR count). The number of nitrogens with two attached hydrogens (primary N) is 1. The Morgan fingerprint density at radius 3 is 3.00 bits per heavy atom. The lowest BCUT2D eigenvalue weighted by atomic mass is 10.1. The van der Waals surface area contributed by atoms with Gasteiger partial charge in [-0.25, -0.2) is 4.98 Å². The summed E-state index contributed by atoms with van der Waals surface area (Å²) in [5.41, 5.74) is 10.4. The van der Waals surface area contributed by atoms with Crippen molar-refractivity contribution in [3.8, 4) is 11.3 Å². The van der Waals surface area contributed by atoms with E-state index in [9.17, 15) is 0 Å². The van der Waals surface area contributed by atoms with Gasteiger partial charge in [0.25, 0.3) is 0 Å². The highest BCUT2D eigenvalue weighted by Crippen LogP contribution is 2.25. The van der Waals surface area contributed by atoms with Crippen LogP contribution < -0.4 is 5.73 Å². The van der Waals surface area contributed by atoms with Crippen molar-refractivity contribution in [2.75, 3.05) is 5.73 Å². The maximum absolute atomic E-state index is 5.55. The summed E-state index contributed by atoms with van der Waals surface area (Å²) in [6, 6.07) is 7.93. The zero-order valence-electron chi connectivity index (χ0n) is 7.77. The molecule has 0 amide bonds. The highest BCUT2D eigenvalue weighted by Gasteiger charge is 2.03. The Kier molecular flexibility index (Phi) is 1.72. The van der Waals surface area contributed by atoms with E-state index in [0.717, 1.165) is 16.8 Å². The van der Waals surface area contributed by atoms with Crippen LogP contribution >= 0.6 is 11.3 Å². The summed E-state index contributed by atoms with van der Waals surface area (Å²) >= 11 is 1.63. The van der Waals surface area contributed by atoms with Crippen molar-refractivity contribution >= 4 is 27.4 Å². The van der Waals surface area contributed by atoms with Crippen molar-refractivity contribution in [3.05, 3.63) is 29.8 Å². The molecule has 0 bridgehead atoms. The van der Waals surface area contributed by atoms with E-state index in [4.69, 9.17) is 5.73 Å². The maximum atomic E-state index is 5.55. The predicted octanol–water partition coefficient (Wildman–Crippen LogP) is 2.27. The fourth-order valence-electron chi connectivity index (χ4n) is 1.51. The number of fused-ring (bicyclic) bond motifs is 1. The fraction of sp³-hybridized carbons (Fsp3) is 0. The molecule has 0 aliphatic carbocycles. The topological polar surface area (TPSA) is 67.6 Å². The van der Waals surface area contributed by atoms with Gasteiger partial charge < -0.3 is 5.73 Å². The van der Waals surface area contributed by atoms with Gasteiger partial charge in [0.15, 0.2) is 0 Å². The predicted molar refractivity (Wildman–Crippen MR) is 61.6 cm³/mol. The molecule has 74 valence electrons. The molecule has 4 nitrogen and oxygen atoms in total. The lowest BCUT2D eigenvalue weighted by Gasteiger charge is -1.95. The van der Waals surface area contributed by atoms with Gasteiger partial charge in [-0.2, -0.15) is 5.10 Å². The number of aromatic amines is 1. The van der Waals surface area contributed by atoms with Gasteiger partial charge in [0.1, 0.15) is 5.82 Å². The van der Waals surface area contributed by atoms with Crippen molar-refractivity contribution in [1.82, 2.24) is 15.2 Å². The van der Waals surface area contributed by atoms with Crippen molar-refractivity contribution in [1.29, 1.82) is 0 Å². The minimum Gasteiger partial charge on any atom is -0.382 e. The molecule has 0 aliphatic heterocycles. The molecule has 3 N–H and O–H groups in total. The van der Waals surface area contributed by atoms with Crippen LogP contribution in [0.15, 0.2) is 29.8 Å². The van der Waals surface area contributed by atoms with Crippen LogP contribution in [-0.2, 0) is 0 Å². The van der Waals surface area contributed by atoms with Gasteiger partial charge in [-0.1, -0.05) is 6.07 Å². The van der Waals surface area contributed by atoms with E-state index in [-0.39, 0.29) is 0 Å². The van der Waals surface area contributed by atoms with E-state index in [0.29, 0.717) is 5.82 Å². The Morgan fingerprint density at radius 1 is 1.27 bits per heavy atom. The van der Waals surface area contributed by atoms with Crippen LogP contribution in [0.5, 0.6) is 0 Å². The van der Waals surface area contributed by atoms with Gasteiger partial charge in [0, 0.05) is 11.6 Å². The minimum absolute atomic E-state index is 0.503. The fourth-order valence-corrected chi connectivity index (χ4v) is 2.17. The molecule has 0 spiro atoms. The van der Waals surface area contributed by atoms with Gasteiger partial charge in [-0.15, -0.1) is 11.3 Å². The largest absolute Gasteiger partial charge is 0.382 e. The first-order valence-corrected chi connectivity index (χ1v) is 5.35. The molecule has 15 heavy (non-hydrogen) atoms. The Hall–Kier alpha value is -1.88. The number of thiazole rings is 1. The summed E-state index contributed by atoms with van der Waals surface area (Å²) in [6.45, 7) is 0. The van der Waals surface area contributed by atoms with E-state index in [1.54, 1.807) is 11.3 Å². The van der Waals surface area contributed by atoms with Crippen LogP contribution in [0, 0.1) is 0 Å². The lowest BCUT2D eigenvalue weighted by Crippen LogP contribution is -1.81. The first-order valence-electron chi connectivity index (χ1n) is 4.47. The number of hydrogen-bond donors (Lipinski definition) is 2. The number of nitrogens with zero attached hydrogens (tertiary/aromatic N) is 2. The van der Waals surface area contributed by atoms with E-state index in [1.807, 2.05) is 23.7 Å². The Labute approximate surface area is 89.8 Å². The molecule has 0 aliphatic rings. The van der Waals surface area contributed by atoms with Crippen LogP contribution in [0.3, 0.4) is 0 Å². The quantitative estimate of drug-likeness (QED) is 0.655. The van der Waals surface area contributed by atoms with Crippen LogP contribution in [0.2, 0.25) is 0 Å². The molecule has 0 fully saturated rings. The number of rotatable bonds is 1. The number of nitrogens with one attached hydrogen (secondary N) is 1. The molecule has 1 aromatic carbocycles. The molecular weight excluding hydrogens is 208 g/mol. The first kappa shape index (κ1) is 8.43. The van der Waals surface area contributed by atoms with Crippen LogP contribution in [-0.4, -0.2) is 15.2 Å². The molecular formula is C10H8N4S. The number of aromatic nitrogens is 3. The number of benzene rings is 1. The van der Waals surface area contributed by atoms with Gasteiger partial charge in [-0.3, -0.25) is 5.10 Å².